The normalized spacial score (nSPS) is 12.0. The molecule has 0 amide bonds. The van der Waals surface area contributed by atoms with E-state index in [2.05, 4.69) is 29.4 Å². The average molecular weight is 203 g/mol. The van der Waals surface area contributed by atoms with E-state index in [-0.39, 0.29) is 0 Å². The lowest BCUT2D eigenvalue weighted by atomic mass is 10.1. The van der Waals surface area contributed by atoms with Crippen LogP contribution in [-0.4, -0.2) is 11.5 Å². The summed E-state index contributed by atoms with van der Waals surface area (Å²) in [6.07, 6.45) is 6.35. The molecule has 0 fully saturated rings. The predicted molar refractivity (Wildman–Crippen MR) is 60.1 cm³/mol. The molecular formula is C12H17N3. The molecule has 0 saturated carbocycles. The molecule has 1 aromatic heterocycles. The van der Waals surface area contributed by atoms with E-state index < -0.39 is 0 Å². The van der Waals surface area contributed by atoms with Crippen LogP contribution in [0.1, 0.15) is 37.8 Å². The number of unbranched alkanes of at least 4 members (excludes halogenated alkanes) is 2. The molecule has 80 valence electrons. The monoisotopic (exact) mass is 203 g/mol. The number of rotatable bonds is 6. The van der Waals surface area contributed by atoms with Crippen molar-refractivity contribution >= 4 is 0 Å². The molecule has 1 N–H and O–H groups in total. The van der Waals surface area contributed by atoms with Crippen molar-refractivity contribution < 1.29 is 0 Å². The third-order valence-corrected chi connectivity index (χ3v) is 2.35. The van der Waals surface area contributed by atoms with Crippen LogP contribution in [0, 0.1) is 11.3 Å². The highest BCUT2D eigenvalue weighted by atomic mass is 14.9. The van der Waals surface area contributed by atoms with Gasteiger partial charge in [0.05, 0.1) is 6.07 Å². The Morgan fingerprint density at radius 1 is 1.53 bits per heavy atom. The summed E-state index contributed by atoms with van der Waals surface area (Å²) in [5, 5.41) is 11.8. The lowest BCUT2D eigenvalue weighted by Gasteiger charge is -2.13. The van der Waals surface area contributed by atoms with E-state index in [4.69, 9.17) is 5.26 Å². The average Bonchev–Trinajstić information content (AvgIpc) is 2.30. The molecule has 1 heterocycles. The van der Waals surface area contributed by atoms with Gasteiger partial charge in [-0.25, -0.2) is 0 Å². The molecule has 0 aliphatic carbocycles. The van der Waals surface area contributed by atoms with E-state index in [0.717, 1.165) is 19.4 Å². The minimum Gasteiger partial charge on any atom is -0.310 e. The van der Waals surface area contributed by atoms with Gasteiger partial charge in [-0.15, -0.1) is 0 Å². The number of nitrogens with one attached hydrogen (secondary N) is 1. The first kappa shape index (κ1) is 11.7. The number of pyridine rings is 1. The fourth-order valence-corrected chi connectivity index (χ4v) is 1.40. The highest BCUT2D eigenvalue weighted by molar-refractivity contribution is 5.12. The lowest BCUT2D eigenvalue weighted by Crippen LogP contribution is -2.19. The van der Waals surface area contributed by atoms with Crippen LogP contribution in [0.15, 0.2) is 24.5 Å². The summed E-state index contributed by atoms with van der Waals surface area (Å²) in [4.78, 5) is 4.08. The molecule has 15 heavy (non-hydrogen) atoms. The van der Waals surface area contributed by atoms with Crippen LogP contribution in [0.5, 0.6) is 0 Å². The molecular weight excluding hydrogens is 186 g/mol. The van der Waals surface area contributed by atoms with Crippen LogP contribution >= 0.6 is 0 Å². The maximum atomic E-state index is 8.37. The van der Waals surface area contributed by atoms with Gasteiger partial charge in [-0.2, -0.15) is 5.26 Å². The second kappa shape index (κ2) is 6.97. The Hall–Kier alpha value is -1.40. The molecule has 0 spiro atoms. The van der Waals surface area contributed by atoms with Gasteiger partial charge in [0.1, 0.15) is 0 Å². The van der Waals surface area contributed by atoms with Crippen LogP contribution in [0.3, 0.4) is 0 Å². The van der Waals surface area contributed by atoms with Crippen molar-refractivity contribution in [1.82, 2.24) is 10.3 Å². The van der Waals surface area contributed by atoms with E-state index in [1.54, 1.807) is 6.20 Å². The molecule has 1 rings (SSSR count). The molecule has 1 aromatic rings. The summed E-state index contributed by atoms with van der Waals surface area (Å²) >= 11 is 0. The van der Waals surface area contributed by atoms with Crippen molar-refractivity contribution in [2.24, 2.45) is 0 Å². The summed E-state index contributed by atoms with van der Waals surface area (Å²) in [5.74, 6) is 0. The third kappa shape index (κ3) is 4.57. The number of nitrogens with zero attached hydrogens (tertiary/aromatic N) is 2. The fourth-order valence-electron chi connectivity index (χ4n) is 1.40. The SMILES string of the molecule is C[C@@H](NCCCCC#N)c1cccnc1. The van der Waals surface area contributed by atoms with Crippen molar-refractivity contribution in [3.8, 4) is 6.07 Å². The first-order chi connectivity index (χ1) is 7.34. The van der Waals surface area contributed by atoms with Gasteiger partial charge in [-0.05, 0) is 37.9 Å². The van der Waals surface area contributed by atoms with Gasteiger partial charge in [0.25, 0.3) is 0 Å². The van der Waals surface area contributed by atoms with Crippen molar-refractivity contribution in [2.45, 2.75) is 32.2 Å². The van der Waals surface area contributed by atoms with Gasteiger partial charge in [-0.1, -0.05) is 6.07 Å². The molecule has 0 bridgehead atoms. The highest BCUT2D eigenvalue weighted by Crippen LogP contribution is 2.09. The van der Waals surface area contributed by atoms with E-state index >= 15 is 0 Å². The zero-order chi connectivity index (χ0) is 10.9. The number of hydrogen-bond donors (Lipinski definition) is 1. The quantitative estimate of drug-likeness (QED) is 0.722. The Balaban J connectivity index is 2.20. The Bertz CT molecular complexity index is 302. The molecule has 3 heteroatoms. The zero-order valence-electron chi connectivity index (χ0n) is 9.11. The summed E-state index contributed by atoms with van der Waals surface area (Å²) in [7, 11) is 0. The molecule has 1 atom stereocenters. The Kier molecular flexibility index (Phi) is 5.42. The largest absolute Gasteiger partial charge is 0.310 e. The lowest BCUT2D eigenvalue weighted by molar-refractivity contribution is 0.548. The zero-order valence-corrected chi connectivity index (χ0v) is 9.11. The molecule has 0 aliphatic heterocycles. The number of hydrogen-bond acceptors (Lipinski definition) is 3. The van der Waals surface area contributed by atoms with Crippen LogP contribution in [0.25, 0.3) is 0 Å². The Morgan fingerprint density at radius 3 is 3.07 bits per heavy atom. The van der Waals surface area contributed by atoms with E-state index in [9.17, 15) is 0 Å². The molecule has 0 unspecified atom stereocenters. The smallest absolute Gasteiger partial charge is 0.0621 e. The number of aromatic nitrogens is 1. The van der Waals surface area contributed by atoms with Crippen LogP contribution in [0.4, 0.5) is 0 Å². The van der Waals surface area contributed by atoms with Crippen molar-refractivity contribution in [3.63, 3.8) is 0 Å². The topological polar surface area (TPSA) is 48.7 Å². The maximum Gasteiger partial charge on any atom is 0.0621 e. The van der Waals surface area contributed by atoms with Crippen molar-refractivity contribution in [3.05, 3.63) is 30.1 Å². The van der Waals surface area contributed by atoms with Gasteiger partial charge in [-0.3, -0.25) is 4.98 Å². The fraction of sp³-hybridized carbons (Fsp3) is 0.500. The van der Waals surface area contributed by atoms with Crippen molar-refractivity contribution in [2.75, 3.05) is 6.54 Å². The first-order valence-corrected chi connectivity index (χ1v) is 5.35. The van der Waals surface area contributed by atoms with Crippen LogP contribution in [-0.2, 0) is 0 Å². The van der Waals surface area contributed by atoms with Gasteiger partial charge in [0, 0.05) is 24.9 Å². The van der Waals surface area contributed by atoms with Crippen molar-refractivity contribution in [1.29, 1.82) is 5.26 Å². The molecule has 0 radical (unpaired) electrons. The minimum atomic E-state index is 0.334. The summed E-state index contributed by atoms with van der Waals surface area (Å²) in [6.45, 7) is 3.08. The van der Waals surface area contributed by atoms with Gasteiger partial charge >= 0.3 is 0 Å². The van der Waals surface area contributed by atoms with Gasteiger partial charge in [0.2, 0.25) is 0 Å². The van der Waals surface area contributed by atoms with Crippen LogP contribution in [0.2, 0.25) is 0 Å². The van der Waals surface area contributed by atoms with E-state index in [1.807, 2.05) is 12.3 Å². The van der Waals surface area contributed by atoms with Crippen LogP contribution < -0.4 is 5.32 Å². The molecule has 0 saturated heterocycles. The molecule has 0 aliphatic rings. The molecule has 0 aromatic carbocycles. The summed E-state index contributed by atoms with van der Waals surface area (Å²) in [5.41, 5.74) is 1.21. The van der Waals surface area contributed by atoms with Gasteiger partial charge < -0.3 is 5.32 Å². The molecule has 3 nitrogen and oxygen atoms in total. The van der Waals surface area contributed by atoms with E-state index in [0.29, 0.717) is 12.5 Å². The third-order valence-electron chi connectivity index (χ3n) is 2.35. The van der Waals surface area contributed by atoms with Gasteiger partial charge in [0.15, 0.2) is 0 Å². The summed E-state index contributed by atoms with van der Waals surface area (Å²) < 4.78 is 0. The standard InChI is InChI=1S/C12H17N3/c1-11(12-6-5-8-14-10-12)15-9-4-2-3-7-13/h5-6,8,10-11,15H,2-4,9H2,1H3/t11-/m1/s1. The Morgan fingerprint density at radius 2 is 2.40 bits per heavy atom. The minimum absolute atomic E-state index is 0.334. The second-order valence-corrected chi connectivity index (χ2v) is 3.58. The van der Waals surface area contributed by atoms with E-state index in [1.165, 1.54) is 5.56 Å². The predicted octanol–water partition coefficient (Wildman–Crippen LogP) is 2.43. The highest BCUT2D eigenvalue weighted by Gasteiger charge is 2.02. The number of nitriles is 1. The summed E-state index contributed by atoms with van der Waals surface area (Å²) in [6, 6.07) is 6.50. The maximum absolute atomic E-state index is 8.37. The second-order valence-electron chi connectivity index (χ2n) is 3.58. The first-order valence-electron chi connectivity index (χ1n) is 5.35. The Labute approximate surface area is 91.1 Å².